The molecular formula is C17H14N6S2. The standard InChI is InChI=1S/C17H14N6S2/c1-11-9-15(19-10-18-11)20-12-4-6-13(7-5-12)21-17-23-22-16(25-17)14-3-2-8-24-14/h2-10H,1H3,(H,21,23)(H,18,19,20). The van der Waals surface area contributed by atoms with Crippen LogP contribution in [0.2, 0.25) is 0 Å². The summed E-state index contributed by atoms with van der Waals surface area (Å²) in [7, 11) is 0. The SMILES string of the molecule is Cc1cc(Nc2ccc(Nc3nnc(-c4cccs4)s3)cc2)ncn1. The summed E-state index contributed by atoms with van der Waals surface area (Å²) in [6.07, 6.45) is 1.55. The number of nitrogens with zero attached hydrogens (tertiary/aromatic N) is 4. The molecule has 8 heteroatoms. The highest BCUT2D eigenvalue weighted by Gasteiger charge is 2.07. The molecule has 1 aromatic carbocycles. The molecule has 0 aliphatic carbocycles. The fourth-order valence-corrected chi connectivity index (χ4v) is 3.76. The number of hydrogen-bond donors (Lipinski definition) is 2. The van der Waals surface area contributed by atoms with E-state index in [1.807, 2.05) is 54.8 Å². The monoisotopic (exact) mass is 366 g/mol. The van der Waals surface area contributed by atoms with Gasteiger partial charge in [-0.3, -0.25) is 0 Å². The topological polar surface area (TPSA) is 75.6 Å². The summed E-state index contributed by atoms with van der Waals surface area (Å²) in [5.74, 6) is 0.776. The van der Waals surface area contributed by atoms with E-state index in [0.29, 0.717) is 0 Å². The van der Waals surface area contributed by atoms with Crippen molar-refractivity contribution in [3.05, 3.63) is 59.9 Å². The van der Waals surface area contributed by atoms with Crippen LogP contribution < -0.4 is 10.6 Å². The Morgan fingerprint density at radius 1 is 0.920 bits per heavy atom. The van der Waals surface area contributed by atoms with Crippen LogP contribution >= 0.6 is 22.7 Å². The molecule has 0 radical (unpaired) electrons. The van der Waals surface area contributed by atoms with E-state index in [0.717, 1.165) is 37.9 Å². The smallest absolute Gasteiger partial charge is 0.210 e. The molecule has 124 valence electrons. The largest absolute Gasteiger partial charge is 0.340 e. The van der Waals surface area contributed by atoms with E-state index in [1.165, 1.54) is 11.3 Å². The Labute approximate surface area is 152 Å². The van der Waals surface area contributed by atoms with Crippen LogP contribution in [-0.2, 0) is 0 Å². The van der Waals surface area contributed by atoms with E-state index in [-0.39, 0.29) is 0 Å². The molecule has 0 amide bonds. The fourth-order valence-electron chi connectivity index (χ4n) is 2.20. The van der Waals surface area contributed by atoms with Crippen molar-refractivity contribution in [2.45, 2.75) is 6.92 Å². The van der Waals surface area contributed by atoms with E-state index in [2.05, 4.69) is 30.8 Å². The van der Waals surface area contributed by atoms with Crippen LogP contribution in [0, 0.1) is 6.92 Å². The molecule has 0 unspecified atom stereocenters. The van der Waals surface area contributed by atoms with Gasteiger partial charge in [0.05, 0.1) is 4.88 Å². The second kappa shape index (κ2) is 6.96. The minimum Gasteiger partial charge on any atom is -0.340 e. The van der Waals surface area contributed by atoms with E-state index in [1.54, 1.807) is 17.7 Å². The van der Waals surface area contributed by atoms with E-state index in [4.69, 9.17) is 0 Å². The summed E-state index contributed by atoms with van der Waals surface area (Å²) in [5.41, 5.74) is 2.84. The normalized spacial score (nSPS) is 10.6. The van der Waals surface area contributed by atoms with Crippen molar-refractivity contribution < 1.29 is 0 Å². The number of rotatable bonds is 5. The first-order chi connectivity index (χ1) is 12.3. The van der Waals surface area contributed by atoms with Crippen LogP contribution in [0.25, 0.3) is 9.88 Å². The average molecular weight is 366 g/mol. The average Bonchev–Trinajstić information content (AvgIpc) is 3.28. The Morgan fingerprint density at radius 3 is 2.44 bits per heavy atom. The molecular weight excluding hydrogens is 352 g/mol. The molecule has 3 heterocycles. The highest BCUT2D eigenvalue weighted by atomic mass is 32.1. The molecule has 3 aromatic heterocycles. The van der Waals surface area contributed by atoms with Crippen LogP contribution in [0.4, 0.5) is 22.3 Å². The zero-order valence-corrected chi connectivity index (χ0v) is 14.9. The number of hydrogen-bond acceptors (Lipinski definition) is 8. The highest BCUT2D eigenvalue weighted by Crippen LogP contribution is 2.31. The van der Waals surface area contributed by atoms with Crippen LogP contribution in [0.3, 0.4) is 0 Å². The van der Waals surface area contributed by atoms with Crippen LogP contribution in [-0.4, -0.2) is 20.2 Å². The maximum Gasteiger partial charge on any atom is 0.210 e. The number of benzene rings is 1. The number of nitrogens with one attached hydrogen (secondary N) is 2. The minimum absolute atomic E-state index is 0.774. The lowest BCUT2D eigenvalue weighted by Gasteiger charge is -2.07. The molecule has 0 saturated heterocycles. The van der Waals surface area contributed by atoms with Crippen molar-refractivity contribution in [1.82, 2.24) is 20.2 Å². The summed E-state index contributed by atoms with van der Waals surface area (Å²) in [5, 5.41) is 18.7. The van der Waals surface area contributed by atoms with E-state index >= 15 is 0 Å². The van der Waals surface area contributed by atoms with Crippen molar-refractivity contribution in [2.24, 2.45) is 0 Å². The third kappa shape index (κ3) is 3.81. The molecule has 6 nitrogen and oxygen atoms in total. The molecule has 0 aliphatic rings. The van der Waals surface area contributed by atoms with Gasteiger partial charge in [0, 0.05) is 23.1 Å². The number of anilines is 4. The predicted molar refractivity (Wildman–Crippen MR) is 103 cm³/mol. The molecule has 2 N–H and O–H groups in total. The molecule has 0 saturated carbocycles. The Kier molecular flexibility index (Phi) is 4.36. The quantitative estimate of drug-likeness (QED) is 0.526. The van der Waals surface area contributed by atoms with Crippen molar-refractivity contribution in [1.29, 1.82) is 0 Å². The summed E-state index contributed by atoms with van der Waals surface area (Å²) >= 11 is 3.20. The lowest BCUT2D eigenvalue weighted by Crippen LogP contribution is -1.95. The number of aromatic nitrogens is 4. The van der Waals surface area contributed by atoms with Crippen LogP contribution in [0.15, 0.2) is 54.2 Å². The Balaban J connectivity index is 1.44. The maximum absolute atomic E-state index is 4.23. The summed E-state index contributed by atoms with van der Waals surface area (Å²) in [4.78, 5) is 9.42. The van der Waals surface area contributed by atoms with Crippen molar-refractivity contribution in [3.8, 4) is 9.88 Å². The Morgan fingerprint density at radius 2 is 1.72 bits per heavy atom. The van der Waals surface area contributed by atoms with Gasteiger partial charge >= 0.3 is 0 Å². The third-order valence-corrected chi connectivity index (χ3v) is 5.25. The first kappa shape index (κ1) is 15.7. The molecule has 0 bridgehead atoms. The zero-order chi connectivity index (χ0) is 17.1. The molecule has 4 aromatic rings. The van der Waals surface area contributed by atoms with Gasteiger partial charge in [0.1, 0.15) is 12.1 Å². The lowest BCUT2D eigenvalue weighted by atomic mass is 10.3. The maximum atomic E-state index is 4.23. The zero-order valence-electron chi connectivity index (χ0n) is 13.3. The fraction of sp³-hybridized carbons (Fsp3) is 0.0588. The molecule has 0 atom stereocenters. The molecule has 4 rings (SSSR count). The third-order valence-electron chi connectivity index (χ3n) is 3.37. The minimum atomic E-state index is 0.774. The summed E-state index contributed by atoms with van der Waals surface area (Å²) in [6, 6.07) is 13.9. The van der Waals surface area contributed by atoms with E-state index in [9.17, 15) is 0 Å². The van der Waals surface area contributed by atoms with Gasteiger partial charge in [-0.05, 0) is 42.6 Å². The van der Waals surface area contributed by atoms with Gasteiger partial charge in [0.15, 0.2) is 5.01 Å². The van der Waals surface area contributed by atoms with Gasteiger partial charge < -0.3 is 10.6 Å². The second-order valence-corrected chi connectivity index (χ2v) is 7.19. The van der Waals surface area contributed by atoms with Crippen LogP contribution in [0.5, 0.6) is 0 Å². The Hall–Kier alpha value is -2.84. The molecule has 25 heavy (non-hydrogen) atoms. The summed E-state index contributed by atoms with van der Waals surface area (Å²) < 4.78 is 0. The van der Waals surface area contributed by atoms with Gasteiger partial charge in [0.2, 0.25) is 5.13 Å². The molecule has 0 spiro atoms. The van der Waals surface area contributed by atoms with Crippen LogP contribution in [0.1, 0.15) is 5.69 Å². The van der Waals surface area contributed by atoms with Gasteiger partial charge in [-0.25, -0.2) is 9.97 Å². The molecule has 0 aliphatic heterocycles. The second-order valence-electron chi connectivity index (χ2n) is 5.26. The summed E-state index contributed by atoms with van der Waals surface area (Å²) in [6.45, 7) is 1.94. The predicted octanol–water partition coefficient (Wildman–Crippen LogP) is 4.85. The number of thiophene rings is 1. The number of aryl methyl sites for hydroxylation is 1. The highest BCUT2D eigenvalue weighted by molar-refractivity contribution is 7.22. The van der Waals surface area contributed by atoms with Crippen molar-refractivity contribution in [2.75, 3.05) is 10.6 Å². The van der Waals surface area contributed by atoms with Crippen molar-refractivity contribution in [3.63, 3.8) is 0 Å². The Bertz CT molecular complexity index is 963. The first-order valence-electron chi connectivity index (χ1n) is 7.56. The van der Waals surface area contributed by atoms with Gasteiger partial charge in [-0.1, -0.05) is 17.4 Å². The van der Waals surface area contributed by atoms with E-state index < -0.39 is 0 Å². The first-order valence-corrected chi connectivity index (χ1v) is 9.26. The van der Waals surface area contributed by atoms with Gasteiger partial charge in [-0.2, -0.15) is 0 Å². The van der Waals surface area contributed by atoms with Crippen molar-refractivity contribution >= 4 is 45.0 Å². The lowest BCUT2D eigenvalue weighted by molar-refractivity contribution is 1.10. The molecule has 0 fully saturated rings. The van der Waals surface area contributed by atoms with Gasteiger partial charge in [0.25, 0.3) is 0 Å². The van der Waals surface area contributed by atoms with Gasteiger partial charge in [-0.15, -0.1) is 21.5 Å².